The Labute approximate surface area is 134 Å². The average molecular weight is 369 g/mol. The molecule has 1 aromatic heterocycles. The summed E-state index contributed by atoms with van der Waals surface area (Å²) in [6, 6.07) is 7.38. The zero-order chi connectivity index (χ0) is 15.2. The molecular formula is C13H13BrN4O2S. The molecule has 0 atom stereocenters. The van der Waals surface area contributed by atoms with Crippen LogP contribution in [0.25, 0.3) is 0 Å². The van der Waals surface area contributed by atoms with E-state index >= 15 is 0 Å². The van der Waals surface area contributed by atoms with E-state index < -0.39 is 5.97 Å². The molecule has 1 aromatic carbocycles. The maximum absolute atomic E-state index is 12.0. The minimum atomic E-state index is -0.549. The summed E-state index contributed by atoms with van der Waals surface area (Å²) in [7, 11) is 0. The van der Waals surface area contributed by atoms with Crippen LogP contribution in [0.3, 0.4) is 0 Å². The van der Waals surface area contributed by atoms with Crippen molar-refractivity contribution >= 4 is 49.8 Å². The Morgan fingerprint density at radius 2 is 2.19 bits per heavy atom. The average Bonchev–Trinajstić information content (AvgIpc) is 2.88. The minimum Gasteiger partial charge on any atom is -0.461 e. The summed E-state index contributed by atoms with van der Waals surface area (Å²) in [6.45, 7) is 1.99. The Hall–Kier alpha value is -1.93. The van der Waals surface area contributed by atoms with E-state index in [-0.39, 0.29) is 12.3 Å². The van der Waals surface area contributed by atoms with Crippen LogP contribution < -0.4 is 11.2 Å². The molecule has 110 valence electrons. The van der Waals surface area contributed by atoms with Gasteiger partial charge in [-0.15, -0.1) is 11.3 Å². The summed E-state index contributed by atoms with van der Waals surface area (Å²) in [5.74, 6) is -0.549. The molecular weight excluding hydrogens is 356 g/mol. The van der Waals surface area contributed by atoms with Gasteiger partial charge in [0.1, 0.15) is 5.69 Å². The second-order valence-electron chi connectivity index (χ2n) is 3.87. The van der Waals surface area contributed by atoms with Gasteiger partial charge in [0.25, 0.3) is 0 Å². The fourth-order valence-electron chi connectivity index (χ4n) is 1.45. The molecule has 0 saturated heterocycles. The third-order valence-corrected chi connectivity index (χ3v) is 3.58. The van der Waals surface area contributed by atoms with E-state index in [9.17, 15) is 4.79 Å². The zero-order valence-corrected chi connectivity index (χ0v) is 13.6. The Morgan fingerprint density at radius 1 is 1.48 bits per heavy atom. The second kappa shape index (κ2) is 7.19. The molecule has 0 aliphatic heterocycles. The number of carbonyl (C=O) groups excluding carboxylic acids is 1. The molecule has 0 aliphatic carbocycles. The van der Waals surface area contributed by atoms with Crippen molar-refractivity contribution in [2.75, 3.05) is 17.8 Å². The normalized spacial score (nSPS) is 11.2. The molecule has 2 aromatic rings. The van der Waals surface area contributed by atoms with Gasteiger partial charge in [0.2, 0.25) is 0 Å². The highest BCUT2D eigenvalue weighted by molar-refractivity contribution is 9.10. The van der Waals surface area contributed by atoms with Crippen molar-refractivity contribution in [1.82, 2.24) is 4.98 Å². The van der Waals surface area contributed by atoms with Crippen molar-refractivity contribution < 1.29 is 9.53 Å². The number of hydrazone groups is 1. The van der Waals surface area contributed by atoms with Crippen LogP contribution >= 0.6 is 27.3 Å². The number of nitrogen functional groups attached to an aromatic ring is 1. The van der Waals surface area contributed by atoms with Crippen molar-refractivity contribution in [2.45, 2.75) is 6.92 Å². The Kier molecular flexibility index (Phi) is 5.29. The molecule has 0 bridgehead atoms. The van der Waals surface area contributed by atoms with Gasteiger partial charge in [-0.25, -0.2) is 9.78 Å². The van der Waals surface area contributed by atoms with Crippen molar-refractivity contribution in [3.05, 3.63) is 39.8 Å². The van der Waals surface area contributed by atoms with E-state index in [0.29, 0.717) is 10.8 Å². The second-order valence-corrected chi connectivity index (χ2v) is 5.68. The van der Waals surface area contributed by atoms with Crippen LogP contribution in [0.5, 0.6) is 0 Å². The van der Waals surface area contributed by atoms with E-state index in [1.54, 1.807) is 12.3 Å². The van der Waals surface area contributed by atoms with E-state index in [1.807, 2.05) is 24.3 Å². The predicted octanol–water partition coefficient (Wildman–Crippen LogP) is 2.87. The summed E-state index contributed by atoms with van der Waals surface area (Å²) >= 11 is 4.58. The number of nitrogens with one attached hydrogen (secondary N) is 1. The highest BCUT2D eigenvalue weighted by Gasteiger charge is 2.18. The number of esters is 1. The molecule has 0 amide bonds. The highest BCUT2D eigenvalue weighted by atomic mass is 79.9. The smallest absolute Gasteiger partial charge is 0.361 e. The van der Waals surface area contributed by atoms with Crippen LogP contribution in [0.1, 0.15) is 12.6 Å². The Balaban J connectivity index is 2.24. The summed E-state index contributed by atoms with van der Waals surface area (Å²) < 4.78 is 5.94. The van der Waals surface area contributed by atoms with E-state index in [0.717, 1.165) is 10.2 Å². The summed E-state index contributed by atoms with van der Waals surface area (Å²) in [5, 5.41) is 6.12. The number of hydrogen-bond donors (Lipinski definition) is 2. The lowest BCUT2D eigenvalue weighted by atomic mass is 10.3. The maximum atomic E-state index is 12.0. The van der Waals surface area contributed by atoms with Gasteiger partial charge in [-0.05, 0) is 31.2 Å². The van der Waals surface area contributed by atoms with Gasteiger partial charge in [-0.1, -0.05) is 15.9 Å². The summed E-state index contributed by atoms with van der Waals surface area (Å²) in [4.78, 5) is 16.0. The lowest BCUT2D eigenvalue weighted by molar-refractivity contribution is -0.134. The number of nitrogens with two attached hydrogens (primary N) is 1. The quantitative estimate of drug-likeness (QED) is 0.481. The number of carbonyl (C=O) groups is 1. The summed E-state index contributed by atoms with van der Waals surface area (Å²) in [5.41, 5.74) is 9.62. The molecule has 2 rings (SSSR count). The van der Waals surface area contributed by atoms with Crippen LogP contribution in [-0.4, -0.2) is 23.3 Å². The number of halogens is 1. The Bertz CT molecular complexity index is 654. The number of anilines is 2. The van der Waals surface area contributed by atoms with Crippen LogP contribution in [0.4, 0.5) is 10.8 Å². The number of nitrogens with zero attached hydrogens (tertiary/aromatic N) is 2. The fraction of sp³-hybridized carbons (Fsp3) is 0.154. The largest absolute Gasteiger partial charge is 0.461 e. The molecule has 8 heteroatoms. The SMILES string of the molecule is CCOC(=O)/C(=N\Nc1ccc(Br)cc1)c1csc(N)n1. The van der Waals surface area contributed by atoms with E-state index in [2.05, 4.69) is 31.4 Å². The number of aromatic nitrogens is 1. The van der Waals surface area contributed by atoms with Gasteiger partial charge < -0.3 is 10.5 Å². The number of ether oxygens (including phenoxy) is 1. The molecule has 0 aliphatic rings. The van der Waals surface area contributed by atoms with Crippen molar-refractivity contribution in [1.29, 1.82) is 0 Å². The number of thiazole rings is 1. The predicted molar refractivity (Wildman–Crippen MR) is 87.5 cm³/mol. The van der Waals surface area contributed by atoms with Crippen LogP contribution in [0.15, 0.2) is 39.2 Å². The first-order valence-electron chi connectivity index (χ1n) is 6.08. The molecule has 0 radical (unpaired) electrons. The molecule has 0 fully saturated rings. The minimum absolute atomic E-state index is 0.0905. The third kappa shape index (κ3) is 4.27. The van der Waals surface area contributed by atoms with E-state index in [4.69, 9.17) is 10.5 Å². The third-order valence-electron chi connectivity index (χ3n) is 2.37. The maximum Gasteiger partial charge on any atom is 0.361 e. The molecule has 0 unspecified atom stereocenters. The van der Waals surface area contributed by atoms with Gasteiger partial charge in [0.05, 0.1) is 12.3 Å². The fourth-order valence-corrected chi connectivity index (χ4v) is 2.26. The van der Waals surface area contributed by atoms with Crippen LogP contribution in [0, 0.1) is 0 Å². The monoisotopic (exact) mass is 368 g/mol. The van der Waals surface area contributed by atoms with Crippen molar-refractivity contribution in [3.63, 3.8) is 0 Å². The molecule has 21 heavy (non-hydrogen) atoms. The van der Waals surface area contributed by atoms with Crippen LogP contribution in [0.2, 0.25) is 0 Å². The van der Waals surface area contributed by atoms with Gasteiger partial charge in [-0.2, -0.15) is 5.10 Å². The molecule has 1 heterocycles. The molecule has 6 nitrogen and oxygen atoms in total. The number of rotatable bonds is 5. The summed E-state index contributed by atoms with van der Waals surface area (Å²) in [6.07, 6.45) is 0. The first-order chi connectivity index (χ1) is 10.1. The van der Waals surface area contributed by atoms with Gasteiger partial charge in [0.15, 0.2) is 10.8 Å². The highest BCUT2D eigenvalue weighted by Crippen LogP contribution is 2.16. The van der Waals surface area contributed by atoms with Crippen molar-refractivity contribution in [3.8, 4) is 0 Å². The molecule has 0 saturated carbocycles. The number of benzene rings is 1. The molecule has 3 N–H and O–H groups in total. The molecule has 0 spiro atoms. The first-order valence-corrected chi connectivity index (χ1v) is 7.75. The zero-order valence-electron chi connectivity index (χ0n) is 11.2. The van der Waals surface area contributed by atoms with Gasteiger partial charge >= 0.3 is 5.97 Å². The lowest BCUT2D eigenvalue weighted by Gasteiger charge is -2.05. The number of hydrogen-bond acceptors (Lipinski definition) is 7. The Morgan fingerprint density at radius 3 is 2.76 bits per heavy atom. The van der Waals surface area contributed by atoms with Crippen LogP contribution in [-0.2, 0) is 9.53 Å². The lowest BCUT2D eigenvalue weighted by Crippen LogP contribution is -2.20. The van der Waals surface area contributed by atoms with Gasteiger partial charge in [-0.3, -0.25) is 5.43 Å². The standard InChI is InChI=1S/C13H13BrN4O2S/c1-2-20-12(19)11(10-7-21-13(15)16-10)18-17-9-5-3-8(14)4-6-9/h3-7,17H,2H2,1H3,(H2,15,16)/b18-11-. The first kappa shape index (κ1) is 15.5. The topological polar surface area (TPSA) is 89.6 Å². The van der Waals surface area contributed by atoms with Gasteiger partial charge in [0, 0.05) is 9.85 Å². The van der Waals surface area contributed by atoms with E-state index in [1.165, 1.54) is 11.3 Å². The van der Waals surface area contributed by atoms with Crippen molar-refractivity contribution in [2.24, 2.45) is 5.10 Å².